The van der Waals surface area contributed by atoms with Crippen LogP contribution < -0.4 is 10.6 Å². The first-order valence-corrected chi connectivity index (χ1v) is 12.3. The quantitative estimate of drug-likeness (QED) is 0.280. The van der Waals surface area contributed by atoms with Crippen molar-refractivity contribution in [2.75, 3.05) is 0 Å². The summed E-state index contributed by atoms with van der Waals surface area (Å²) in [6, 6.07) is 8.67. The Morgan fingerprint density at radius 3 is 1.76 bits per heavy atom. The number of hydrogen-bond acceptors (Lipinski definition) is 1. The Balaban J connectivity index is 1.94. The summed E-state index contributed by atoms with van der Waals surface area (Å²) in [7, 11) is 0. The summed E-state index contributed by atoms with van der Waals surface area (Å²) in [6.07, 6.45) is -12.3. The van der Waals surface area contributed by atoms with Crippen LogP contribution in [0.4, 0.5) is 48.7 Å². The van der Waals surface area contributed by atoms with Gasteiger partial charge in [0, 0.05) is 25.3 Å². The van der Waals surface area contributed by atoms with Crippen molar-refractivity contribution < 1.29 is 48.7 Å². The molecule has 4 rings (SSSR count). The smallest absolute Gasteiger partial charge is 0.335 e. The third-order valence-electron chi connectivity index (χ3n) is 6.91. The molecule has 3 nitrogen and oxygen atoms in total. The molecule has 1 aliphatic carbocycles. The lowest BCUT2D eigenvalue weighted by Crippen LogP contribution is -2.54. The third kappa shape index (κ3) is 6.76. The highest BCUT2D eigenvalue weighted by atomic mass is 19.4. The largest absolute Gasteiger partial charge is 0.419 e. The molecule has 1 atom stereocenters. The molecular weight excluding hydrogens is 570 g/mol. The minimum atomic E-state index is -5.23. The van der Waals surface area contributed by atoms with Gasteiger partial charge in [-0.3, -0.25) is 0 Å². The summed E-state index contributed by atoms with van der Waals surface area (Å²) in [5.74, 6) is -6.43. The normalized spacial score (nSPS) is 17.4. The number of rotatable bonds is 6. The van der Waals surface area contributed by atoms with Crippen LogP contribution in [0.15, 0.2) is 66.7 Å². The van der Waals surface area contributed by atoms with Crippen LogP contribution in [-0.4, -0.2) is 18.0 Å². The van der Waals surface area contributed by atoms with E-state index in [4.69, 9.17) is 0 Å². The number of urea groups is 1. The molecule has 0 bridgehead atoms. The number of nitrogens with one attached hydrogen (secondary N) is 2. The minimum absolute atomic E-state index is 0.129. The molecule has 0 aliphatic heterocycles. The van der Waals surface area contributed by atoms with Crippen LogP contribution in [0.25, 0.3) is 0 Å². The zero-order chi connectivity index (χ0) is 30.2. The van der Waals surface area contributed by atoms with Crippen molar-refractivity contribution in [3.05, 3.63) is 106 Å². The predicted molar refractivity (Wildman–Crippen MR) is 128 cm³/mol. The Kier molecular flexibility index (Phi) is 8.03. The molecule has 1 saturated carbocycles. The van der Waals surface area contributed by atoms with Gasteiger partial charge in [-0.05, 0) is 47.4 Å². The van der Waals surface area contributed by atoms with Crippen LogP contribution in [0.1, 0.15) is 47.1 Å². The highest BCUT2D eigenvalue weighted by Crippen LogP contribution is 2.41. The zero-order valence-electron chi connectivity index (χ0n) is 20.9. The van der Waals surface area contributed by atoms with Gasteiger partial charge in [0.1, 0.15) is 11.6 Å². The van der Waals surface area contributed by atoms with Crippen LogP contribution in [0.2, 0.25) is 0 Å². The summed E-state index contributed by atoms with van der Waals surface area (Å²) in [5, 5.41) is 4.69. The zero-order valence-corrected chi connectivity index (χ0v) is 20.9. The van der Waals surface area contributed by atoms with Gasteiger partial charge < -0.3 is 10.6 Å². The van der Waals surface area contributed by atoms with E-state index in [-0.39, 0.29) is 6.42 Å². The van der Waals surface area contributed by atoms with Gasteiger partial charge in [0.15, 0.2) is 0 Å². The van der Waals surface area contributed by atoms with Crippen LogP contribution in [0, 0.1) is 11.6 Å². The molecule has 0 radical (unpaired) electrons. The maximum atomic E-state index is 14.3. The van der Waals surface area contributed by atoms with E-state index in [1.165, 1.54) is 24.3 Å². The van der Waals surface area contributed by atoms with E-state index in [9.17, 15) is 48.7 Å². The molecule has 1 fully saturated rings. The highest BCUT2D eigenvalue weighted by molar-refractivity contribution is 5.76. The SMILES string of the molecule is O=C(N[C@H]1CCC(F)(F)C1)NC(Cc1ccccc1)(c1ccc(F)c(C(F)(F)F)c1)c1ccc(F)c(C(F)(F)F)c1. The number of benzene rings is 3. The lowest BCUT2D eigenvalue weighted by molar-refractivity contribution is -0.140. The second-order valence-corrected chi connectivity index (χ2v) is 9.85. The molecule has 2 amide bonds. The summed E-state index contributed by atoms with van der Waals surface area (Å²) < 4.78 is 138. The molecule has 3 aromatic carbocycles. The first kappa shape index (κ1) is 30.2. The summed E-state index contributed by atoms with van der Waals surface area (Å²) >= 11 is 0. The average molecular weight is 592 g/mol. The van der Waals surface area contributed by atoms with Gasteiger partial charge in [0.2, 0.25) is 5.92 Å². The van der Waals surface area contributed by atoms with Crippen molar-refractivity contribution >= 4 is 6.03 Å². The molecule has 0 saturated heterocycles. The van der Waals surface area contributed by atoms with Crippen molar-refractivity contribution in [2.45, 2.75) is 55.5 Å². The molecule has 2 N–H and O–H groups in total. The maximum absolute atomic E-state index is 14.3. The van der Waals surface area contributed by atoms with Crippen LogP contribution in [-0.2, 0) is 24.3 Å². The summed E-state index contributed by atoms with van der Waals surface area (Å²) in [4.78, 5) is 13.2. The van der Waals surface area contributed by atoms with Crippen LogP contribution in [0.3, 0.4) is 0 Å². The number of carbonyl (C=O) groups is 1. The second-order valence-electron chi connectivity index (χ2n) is 9.85. The number of carbonyl (C=O) groups excluding carboxylic acids is 1. The molecule has 13 heteroatoms. The molecular formula is C28H22F10N2O. The van der Waals surface area contributed by atoms with E-state index in [0.717, 1.165) is 12.1 Å². The first-order chi connectivity index (χ1) is 19.0. The van der Waals surface area contributed by atoms with E-state index in [1.54, 1.807) is 6.07 Å². The van der Waals surface area contributed by atoms with Crippen molar-refractivity contribution in [3.63, 3.8) is 0 Å². The summed E-state index contributed by atoms with van der Waals surface area (Å²) in [6.45, 7) is 0. The topological polar surface area (TPSA) is 41.1 Å². The van der Waals surface area contributed by atoms with Gasteiger partial charge in [0.25, 0.3) is 0 Å². The molecule has 0 heterocycles. The number of amides is 2. The molecule has 0 aromatic heterocycles. The predicted octanol–water partition coefficient (Wildman–Crippen LogP) is 7.98. The van der Waals surface area contributed by atoms with E-state index < -0.39 is 89.0 Å². The second kappa shape index (κ2) is 10.9. The maximum Gasteiger partial charge on any atom is 0.419 e. The van der Waals surface area contributed by atoms with Gasteiger partial charge in [-0.1, -0.05) is 42.5 Å². The standard InChI is InChI=1S/C28H22F10N2O/c29-22-8-6-17(12-20(22)27(33,34)35)26(14-16-4-2-1-3-5-16,18-7-9-23(30)21(13-18)28(36,37)38)40-24(41)39-19-10-11-25(31,32)15-19/h1-9,12-13,19H,10-11,14-15H2,(H2,39,40,41)/t19-/m0/s1. The van der Waals surface area contributed by atoms with Crippen molar-refractivity contribution in [1.29, 1.82) is 0 Å². The fraction of sp³-hybridized carbons (Fsp3) is 0.321. The molecule has 3 aromatic rings. The average Bonchev–Trinajstić information content (AvgIpc) is 3.21. The Morgan fingerprint density at radius 1 is 0.805 bits per heavy atom. The van der Waals surface area contributed by atoms with Crippen molar-refractivity contribution in [3.8, 4) is 0 Å². The fourth-order valence-corrected chi connectivity index (χ4v) is 4.97. The van der Waals surface area contributed by atoms with E-state index in [2.05, 4.69) is 10.6 Å². The van der Waals surface area contributed by atoms with Crippen molar-refractivity contribution in [1.82, 2.24) is 10.6 Å². The number of hydrogen-bond donors (Lipinski definition) is 2. The Hall–Kier alpha value is -3.77. The van der Waals surface area contributed by atoms with Gasteiger partial charge >= 0.3 is 18.4 Å². The first-order valence-electron chi connectivity index (χ1n) is 12.3. The van der Waals surface area contributed by atoms with Crippen LogP contribution >= 0.6 is 0 Å². The minimum Gasteiger partial charge on any atom is -0.335 e. The Morgan fingerprint density at radius 2 is 1.32 bits per heavy atom. The molecule has 0 unspecified atom stereocenters. The van der Waals surface area contributed by atoms with Crippen LogP contribution in [0.5, 0.6) is 0 Å². The van der Waals surface area contributed by atoms with Gasteiger partial charge in [-0.2, -0.15) is 26.3 Å². The number of alkyl halides is 8. The Labute approximate surface area is 227 Å². The van der Waals surface area contributed by atoms with Crippen molar-refractivity contribution in [2.24, 2.45) is 0 Å². The fourth-order valence-electron chi connectivity index (χ4n) is 4.97. The lowest BCUT2D eigenvalue weighted by Gasteiger charge is -2.37. The van der Waals surface area contributed by atoms with Gasteiger partial charge in [0.05, 0.1) is 16.7 Å². The highest BCUT2D eigenvalue weighted by Gasteiger charge is 2.44. The molecule has 1 aliphatic rings. The third-order valence-corrected chi connectivity index (χ3v) is 6.91. The lowest BCUT2D eigenvalue weighted by atomic mass is 9.77. The molecule has 220 valence electrons. The van der Waals surface area contributed by atoms with Gasteiger partial charge in [-0.25, -0.2) is 22.4 Å². The monoisotopic (exact) mass is 592 g/mol. The molecule has 41 heavy (non-hydrogen) atoms. The number of halogens is 10. The Bertz CT molecular complexity index is 1340. The molecule has 0 spiro atoms. The van der Waals surface area contributed by atoms with E-state index in [0.29, 0.717) is 29.8 Å². The van der Waals surface area contributed by atoms with Gasteiger partial charge in [-0.15, -0.1) is 0 Å². The van der Waals surface area contributed by atoms with E-state index >= 15 is 0 Å². The summed E-state index contributed by atoms with van der Waals surface area (Å²) in [5.41, 5.74) is -6.46. The van der Waals surface area contributed by atoms with E-state index in [1.807, 2.05) is 0 Å².